The molecular weight excluding hydrogens is 246 g/mol. The molecule has 2 rings (SSSR count). The van der Waals surface area contributed by atoms with E-state index in [1.54, 1.807) is 12.3 Å². The number of esters is 1. The van der Waals surface area contributed by atoms with Gasteiger partial charge >= 0.3 is 5.97 Å². The van der Waals surface area contributed by atoms with Crippen LogP contribution < -0.4 is 5.32 Å². The summed E-state index contributed by atoms with van der Waals surface area (Å²) in [5.41, 5.74) is 0.434. The molecule has 0 aromatic carbocycles. The standard InChI is InChI=1S/C13H17N3O3/c1-16-6-5-15-12(16)3-4-14-8-11-7-10(9-19-11)13(17)18-2/h5-7,9,14H,3-4,8H2,1-2H3. The number of hydrogen-bond acceptors (Lipinski definition) is 5. The molecule has 0 unspecified atom stereocenters. The molecule has 1 N–H and O–H groups in total. The second-order valence-electron chi connectivity index (χ2n) is 4.17. The summed E-state index contributed by atoms with van der Waals surface area (Å²) in [5, 5.41) is 3.24. The quantitative estimate of drug-likeness (QED) is 0.625. The van der Waals surface area contributed by atoms with E-state index in [1.807, 2.05) is 17.8 Å². The summed E-state index contributed by atoms with van der Waals surface area (Å²) in [4.78, 5) is 15.5. The van der Waals surface area contributed by atoms with Crippen molar-refractivity contribution in [3.05, 3.63) is 41.9 Å². The number of carbonyl (C=O) groups excluding carboxylic acids is 1. The largest absolute Gasteiger partial charge is 0.467 e. The Kier molecular flexibility index (Phi) is 4.35. The number of carbonyl (C=O) groups is 1. The first-order chi connectivity index (χ1) is 9.20. The highest BCUT2D eigenvalue weighted by Crippen LogP contribution is 2.08. The fraction of sp³-hybridized carbons (Fsp3) is 0.385. The number of rotatable bonds is 6. The van der Waals surface area contributed by atoms with Gasteiger partial charge in [0, 0.05) is 32.4 Å². The molecule has 2 heterocycles. The molecule has 0 aliphatic rings. The molecule has 0 radical (unpaired) electrons. The molecule has 6 nitrogen and oxygen atoms in total. The van der Waals surface area contributed by atoms with Gasteiger partial charge in [0.1, 0.15) is 17.8 Å². The fourth-order valence-electron chi connectivity index (χ4n) is 1.75. The molecular formula is C13H17N3O3. The third-order valence-electron chi connectivity index (χ3n) is 2.82. The molecule has 0 aliphatic heterocycles. The summed E-state index contributed by atoms with van der Waals surface area (Å²) in [5.74, 6) is 1.35. The minimum absolute atomic E-state index is 0.386. The van der Waals surface area contributed by atoms with E-state index in [9.17, 15) is 4.79 Å². The van der Waals surface area contributed by atoms with E-state index < -0.39 is 0 Å². The number of ether oxygens (including phenoxy) is 1. The average molecular weight is 263 g/mol. The lowest BCUT2D eigenvalue weighted by Crippen LogP contribution is -2.17. The molecule has 0 amide bonds. The predicted octanol–water partition coefficient (Wildman–Crippen LogP) is 1.13. The van der Waals surface area contributed by atoms with Crippen molar-refractivity contribution in [2.75, 3.05) is 13.7 Å². The second-order valence-corrected chi connectivity index (χ2v) is 4.17. The van der Waals surface area contributed by atoms with Crippen molar-refractivity contribution in [3.8, 4) is 0 Å². The van der Waals surface area contributed by atoms with Crippen molar-refractivity contribution in [3.63, 3.8) is 0 Å². The van der Waals surface area contributed by atoms with E-state index in [2.05, 4.69) is 15.0 Å². The number of methoxy groups -OCH3 is 1. The molecule has 0 atom stereocenters. The summed E-state index contributed by atoms with van der Waals surface area (Å²) in [6.45, 7) is 1.36. The Labute approximate surface area is 111 Å². The first-order valence-corrected chi connectivity index (χ1v) is 6.03. The van der Waals surface area contributed by atoms with Gasteiger partial charge in [0.05, 0.1) is 19.2 Å². The number of furan rings is 1. The number of aromatic nitrogens is 2. The Morgan fingerprint density at radius 1 is 1.58 bits per heavy atom. The first-order valence-electron chi connectivity index (χ1n) is 6.03. The molecule has 0 aliphatic carbocycles. The Morgan fingerprint density at radius 3 is 3.11 bits per heavy atom. The first kappa shape index (κ1) is 13.4. The number of aryl methyl sites for hydroxylation is 1. The lowest BCUT2D eigenvalue weighted by atomic mass is 10.3. The van der Waals surface area contributed by atoms with Gasteiger partial charge < -0.3 is 19.0 Å². The van der Waals surface area contributed by atoms with Crippen LogP contribution in [-0.2, 0) is 24.8 Å². The molecule has 0 bridgehead atoms. The van der Waals surface area contributed by atoms with Crippen LogP contribution in [0.2, 0.25) is 0 Å². The third-order valence-corrected chi connectivity index (χ3v) is 2.82. The monoisotopic (exact) mass is 263 g/mol. The molecule has 2 aromatic rings. The smallest absolute Gasteiger partial charge is 0.341 e. The predicted molar refractivity (Wildman–Crippen MR) is 68.7 cm³/mol. The maximum absolute atomic E-state index is 11.2. The molecule has 6 heteroatoms. The molecule has 0 spiro atoms. The zero-order valence-corrected chi connectivity index (χ0v) is 11.0. The van der Waals surface area contributed by atoms with Gasteiger partial charge in [-0.05, 0) is 6.07 Å². The third kappa shape index (κ3) is 3.45. The summed E-state index contributed by atoms with van der Waals surface area (Å²) in [6, 6.07) is 1.68. The van der Waals surface area contributed by atoms with Crippen molar-refractivity contribution in [1.29, 1.82) is 0 Å². The van der Waals surface area contributed by atoms with Gasteiger partial charge in [0.2, 0.25) is 0 Å². The molecule has 2 aromatic heterocycles. The van der Waals surface area contributed by atoms with Crippen LogP contribution in [0, 0.1) is 0 Å². The summed E-state index contributed by atoms with van der Waals surface area (Å²) in [6.07, 6.45) is 5.95. The molecule has 0 saturated carbocycles. The fourth-order valence-corrected chi connectivity index (χ4v) is 1.75. The van der Waals surface area contributed by atoms with Crippen LogP contribution in [0.25, 0.3) is 0 Å². The minimum Gasteiger partial charge on any atom is -0.467 e. The Balaban J connectivity index is 1.75. The van der Waals surface area contributed by atoms with E-state index in [-0.39, 0.29) is 5.97 Å². The van der Waals surface area contributed by atoms with Gasteiger partial charge in [-0.3, -0.25) is 0 Å². The van der Waals surface area contributed by atoms with Gasteiger partial charge in [-0.25, -0.2) is 9.78 Å². The van der Waals surface area contributed by atoms with Crippen LogP contribution in [-0.4, -0.2) is 29.2 Å². The Hall–Kier alpha value is -2.08. The van der Waals surface area contributed by atoms with Gasteiger partial charge in [0.15, 0.2) is 0 Å². The van der Waals surface area contributed by atoms with Crippen LogP contribution in [0.15, 0.2) is 29.1 Å². The number of nitrogens with one attached hydrogen (secondary N) is 1. The zero-order valence-electron chi connectivity index (χ0n) is 11.0. The maximum atomic E-state index is 11.2. The highest BCUT2D eigenvalue weighted by molar-refractivity contribution is 5.88. The number of hydrogen-bond donors (Lipinski definition) is 1. The summed E-state index contributed by atoms with van der Waals surface area (Å²) >= 11 is 0. The molecule has 0 saturated heterocycles. The Morgan fingerprint density at radius 2 is 2.42 bits per heavy atom. The molecule has 102 valence electrons. The van der Waals surface area contributed by atoms with Crippen LogP contribution in [0.3, 0.4) is 0 Å². The van der Waals surface area contributed by atoms with Crippen molar-refractivity contribution in [1.82, 2.24) is 14.9 Å². The average Bonchev–Trinajstić information content (AvgIpc) is 3.03. The van der Waals surface area contributed by atoms with Crippen molar-refractivity contribution >= 4 is 5.97 Å². The van der Waals surface area contributed by atoms with Crippen LogP contribution in [0.1, 0.15) is 21.9 Å². The van der Waals surface area contributed by atoms with Gasteiger partial charge in [0.25, 0.3) is 0 Å². The Bertz CT molecular complexity index is 545. The van der Waals surface area contributed by atoms with Crippen molar-refractivity contribution < 1.29 is 13.9 Å². The van der Waals surface area contributed by atoms with Gasteiger partial charge in [-0.15, -0.1) is 0 Å². The second kappa shape index (κ2) is 6.19. The highest BCUT2D eigenvalue weighted by Gasteiger charge is 2.09. The SMILES string of the molecule is COC(=O)c1coc(CNCCc2nccn2C)c1. The van der Waals surface area contributed by atoms with E-state index in [0.29, 0.717) is 17.9 Å². The van der Waals surface area contributed by atoms with E-state index >= 15 is 0 Å². The van der Waals surface area contributed by atoms with E-state index in [1.165, 1.54) is 13.4 Å². The van der Waals surface area contributed by atoms with Crippen molar-refractivity contribution in [2.45, 2.75) is 13.0 Å². The molecule has 0 fully saturated rings. The lowest BCUT2D eigenvalue weighted by molar-refractivity contribution is 0.0600. The van der Waals surface area contributed by atoms with E-state index in [4.69, 9.17) is 4.42 Å². The van der Waals surface area contributed by atoms with E-state index in [0.717, 1.165) is 18.8 Å². The highest BCUT2D eigenvalue weighted by atomic mass is 16.5. The molecule has 19 heavy (non-hydrogen) atoms. The summed E-state index contributed by atoms with van der Waals surface area (Å²) in [7, 11) is 3.32. The van der Waals surface area contributed by atoms with Crippen molar-refractivity contribution in [2.24, 2.45) is 7.05 Å². The lowest BCUT2D eigenvalue weighted by Gasteiger charge is -2.03. The number of nitrogens with zero attached hydrogens (tertiary/aromatic N) is 2. The minimum atomic E-state index is -0.386. The summed E-state index contributed by atoms with van der Waals surface area (Å²) < 4.78 is 11.9. The topological polar surface area (TPSA) is 69.3 Å². The van der Waals surface area contributed by atoms with Crippen LogP contribution in [0.4, 0.5) is 0 Å². The zero-order chi connectivity index (χ0) is 13.7. The van der Waals surface area contributed by atoms with Gasteiger partial charge in [-0.1, -0.05) is 0 Å². The number of imidazole rings is 1. The normalized spacial score (nSPS) is 10.6. The maximum Gasteiger partial charge on any atom is 0.341 e. The van der Waals surface area contributed by atoms with Crippen LogP contribution >= 0.6 is 0 Å². The van der Waals surface area contributed by atoms with Crippen LogP contribution in [0.5, 0.6) is 0 Å². The van der Waals surface area contributed by atoms with Gasteiger partial charge in [-0.2, -0.15) is 0 Å².